The summed E-state index contributed by atoms with van der Waals surface area (Å²) in [6.07, 6.45) is 0. The molecule has 0 fully saturated rings. The van der Waals surface area contributed by atoms with Crippen molar-refractivity contribution in [3.8, 4) is 0 Å². The van der Waals surface area contributed by atoms with Gasteiger partial charge in [-0.05, 0) is 55.0 Å². The summed E-state index contributed by atoms with van der Waals surface area (Å²) in [5, 5.41) is 9.09. The highest BCUT2D eigenvalue weighted by Crippen LogP contribution is 2.31. The molecule has 0 bridgehead atoms. The van der Waals surface area contributed by atoms with Crippen LogP contribution in [0, 0.1) is 6.92 Å². The van der Waals surface area contributed by atoms with Crippen molar-refractivity contribution in [2.75, 3.05) is 21.7 Å². The Labute approximate surface area is 198 Å². The third-order valence-electron chi connectivity index (χ3n) is 4.53. The van der Waals surface area contributed by atoms with Crippen LogP contribution in [0.25, 0.3) is 10.2 Å². The van der Waals surface area contributed by atoms with Gasteiger partial charge in [0.15, 0.2) is 4.34 Å². The molecule has 32 heavy (non-hydrogen) atoms. The van der Waals surface area contributed by atoms with Gasteiger partial charge in [0.1, 0.15) is 0 Å². The van der Waals surface area contributed by atoms with Gasteiger partial charge in [-0.3, -0.25) is 4.79 Å². The fourth-order valence-electron chi connectivity index (χ4n) is 2.92. The lowest BCUT2D eigenvalue weighted by Crippen LogP contribution is -2.19. The lowest BCUT2D eigenvalue weighted by molar-refractivity contribution is -0.113. The molecular weight excluding hydrogens is 464 g/mol. The SMILES string of the molecule is Cc1c(Cl)cccc1NC(=O)Nc1ccc2nc(SCC(=O)Nc3ccccc3)sc2c1. The number of para-hydroxylation sites is 1. The molecule has 3 N–H and O–H groups in total. The van der Waals surface area contributed by atoms with E-state index in [1.807, 2.05) is 49.4 Å². The van der Waals surface area contributed by atoms with Gasteiger partial charge in [0, 0.05) is 22.1 Å². The zero-order valence-electron chi connectivity index (χ0n) is 17.0. The monoisotopic (exact) mass is 482 g/mol. The smallest absolute Gasteiger partial charge is 0.323 e. The molecule has 0 aliphatic rings. The standard InChI is InChI=1S/C23H19ClN4O2S2/c1-14-17(24)8-5-9-18(14)27-22(30)26-16-10-11-19-20(12-16)32-23(28-19)31-13-21(29)25-15-6-3-2-4-7-15/h2-12H,13H2,1H3,(H,25,29)(H2,26,27,30). The highest BCUT2D eigenvalue weighted by atomic mass is 35.5. The molecule has 0 saturated carbocycles. The Balaban J connectivity index is 1.36. The number of halogens is 1. The highest BCUT2D eigenvalue weighted by molar-refractivity contribution is 8.01. The average Bonchev–Trinajstić information content (AvgIpc) is 3.18. The van der Waals surface area contributed by atoms with Gasteiger partial charge in [-0.15, -0.1) is 11.3 Å². The van der Waals surface area contributed by atoms with Gasteiger partial charge in [0.05, 0.1) is 16.0 Å². The summed E-state index contributed by atoms with van der Waals surface area (Å²) in [6, 6.07) is 19.8. The molecule has 0 spiro atoms. The Kier molecular flexibility index (Phi) is 6.94. The third-order valence-corrected chi connectivity index (χ3v) is 7.10. The van der Waals surface area contributed by atoms with Gasteiger partial charge in [0.2, 0.25) is 5.91 Å². The van der Waals surface area contributed by atoms with E-state index >= 15 is 0 Å². The second-order valence-electron chi connectivity index (χ2n) is 6.86. The van der Waals surface area contributed by atoms with E-state index < -0.39 is 0 Å². The quantitative estimate of drug-likeness (QED) is 0.269. The van der Waals surface area contributed by atoms with Crippen LogP contribution in [0.4, 0.5) is 21.9 Å². The lowest BCUT2D eigenvalue weighted by atomic mass is 10.2. The first-order valence-electron chi connectivity index (χ1n) is 9.69. The predicted molar refractivity (Wildman–Crippen MR) is 134 cm³/mol. The van der Waals surface area contributed by atoms with Crippen LogP contribution in [0.5, 0.6) is 0 Å². The van der Waals surface area contributed by atoms with Gasteiger partial charge < -0.3 is 16.0 Å². The topological polar surface area (TPSA) is 83.1 Å². The van der Waals surface area contributed by atoms with Crippen molar-refractivity contribution in [2.45, 2.75) is 11.3 Å². The first-order chi connectivity index (χ1) is 15.5. The number of amides is 3. The number of aromatic nitrogens is 1. The highest BCUT2D eigenvalue weighted by Gasteiger charge is 2.11. The van der Waals surface area contributed by atoms with E-state index in [-0.39, 0.29) is 17.7 Å². The van der Waals surface area contributed by atoms with Crippen LogP contribution in [-0.2, 0) is 4.79 Å². The van der Waals surface area contributed by atoms with Crippen molar-refractivity contribution in [2.24, 2.45) is 0 Å². The van der Waals surface area contributed by atoms with Crippen molar-refractivity contribution in [1.29, 1.82) is 0 Å². The minimum Gasteiger partial charge on any atom is -0.325 e. The maximum Gasteiger partial charge on any atom is 0.323 e. The van der Waals surface area contributed by atoms with E-state index in [1.165, 1.54) is 23.1 Å². The normalized spacial score (nSPS) is 10.7. The molecule has 0 atom stereocenters. The zero-order valence-corrected chi connectivity index (χ0v) is 19.4. The molecule has 6 nitrogen and oxygen atoms in total. The van der Waals surface area contributed by atoms with Crippen molar-refractivity contribution in [1.82, 2.24) is 4.98 Å². The Bertz CT molecular complexity index is 1280. The number of carbonyl (C=O) groups is 2. The zero-order chi connectivity index (χ0) is 22.5. The van der Waals surface area contributed by atoms with E-state index in [0.717, 1.165) is 25.8 Å². The van der Waals surface area contributed by atoms with E-state index in [1.54, 1.807) is 24.3 Å². The summed E-state index contributed by atoms with van der Waals surface area (Å²) in [4.78, 5) is 29.1. The molecule has 162 valence electrons. The lowest BCUT2D eigenvalue weighted by Gasteiger charge is -2.10. The number of anilines is 3. The summed E-state index contributed by atoms with van der Waals surface area (Å²) < 4.78 is 1.71. The van der Waals surface area contributed by atoms with Crippen molar-refractivity contribution in [3.63, 3.8) is 0 Å². The van der Waals surface area contributed by atoms with Gasteiger partial charge in [0.25, 0.3) is 0 Å². The molecule has 0 aliphatic carbocycles. The van der Waals surface area contributed by atoms with Crippen molar-refractivity contribution < 1.29 is 9.59 Å². The van der Waals surface area contributed by atoms with Crippen LogP contribution in [0.1, 0.15) is 5.56 Å². The largest absolute Gasteiger partial charge is 0.325 e. The maximum absolute atomic E-state index is 12.4. The number of fused-ring (bicyclic) bond motifs is 1. The van der Waals surface area contributed by atoms with E-state index in [4.69, 9.17) is 11.6 Å². The number of thiazole rings is 1. The van der Waals surface area contributed by atoms with Crippen LogP contribution in [0.15, 0.2) is 71.1 Å². The summed E-state index contributed by atoms with van der Waals surface area (Å²) >= 11 is 8.97. The van der Waals surface area contributed by atoms with E-state index in [2.05, 4.69) is 20.9 Å². The second-order valence-corrected chi connectivity index (χ2v) is 9.52. The number of thioether (sulfide) groups is 1. The third kappa shape index (κ3) is 5.59. The number of rotatable bonds is 6. The second kappa shape index (κ2) is 10.0. The molecule has 0 radical (unpaired) electrons. The number of nitrogens with zero attached hydrogens (tertiary/aromatic N) is 1. The minimum absolute atomic E-state index is 0.0872. The Morgan fingerprint density at radius 3 is 2.59 bits per heavy atom. The molecule has 4 rings (SSSR count). The molecule has 1 heterocycles. The van der Waals surface area contributed by atoms with Gasteiger partial charge in [-0.2, -0.15) is 0 Å². The van der Waals surface area contributed by atoms with Crippen LogP contribution >= 0.6 is 34.7 Å². The number of benzene rings is 3. The molecule has 0 aliphatic heterocycles. The average molecular weight is 483 g/mol. The van der Waals surface area contributed by atoms with Crippen molar-refractivity contribution in [3.05, 3.63) is 77.3 Å². The fraction of sp³-hybridized carbons (Fsp3) is 0.0870. The summed E-state index contributed by atoms with van der Waals surface area (Å²) in [7, 11) is 0. The molecule has 0 unspecified atom stereocenters. The first kappa shape index (κ1) is 22.1. The number of hydrogen-bond donors (Lipinski definition) is 3. The van der Waals surface area contributed by atoms with E-state index in [0.29, 0.717) is 16.4 Å². The summed E-state index contributed by atoms with van der Waals surface area (Å²) in [5.41, 5.74) is 3.69. The molecule has 9 heteroatoms. The van der Waals surface area contributed by atoms with Crippen LogP contribution in [0.3, 0.4) is 0 Å². The van der Waals surface area contributed by atoms with Crippen LogP contribution in [-0.4, -0.2) is 22.7 Å². The van der Waals surface area contributed by atoms with Crippen molar-refractivity contribution >= 4 is 73.9 Å². The van der Waals surface area contributed by atoms with Crippen LogP contribution < -0.4 is 16.0 Å². The predicted octanol–water partition coefficient (Wildman–Crippen LogP) is 6.63. The Morgan fingerprint density at radius 2 is 1.78 bits per heavy atom. The molecule has 0 saturated heterocycles. The first-order valence-corrected chi connectivity index (χ1v) is 11.9. The minimum atomic E-state index is -0.355. The molecule has 4 aromatic rings. The number of hydrogen-bond acceptors (Lipinski definition) is 5. The Hall–Kier alpha value is -3.07. The number of carbonyl (C=O) groups excluding carboxylic acids is 2. The molecule has 3 aromatic carbocycles. The maximum atomic E-state index is 12.4. The molecule has 1 aromatic heterocycles. The van der Waals surface area contributed by atoms with Crippen LogP contribution in [0.2, 0.25) is 5.02 Å². The Morgan fingerprint density at radius 1 is 0.969 bits per heavy atom. The van der Waals surface area contributed by atoms with Gasteiger partial charge in [-0.25, -0.2) is 9.78 Å². The van der Waals surface area contributed by atoms with Gasteiger partial charge in [-0.1, -0.05) is 47.6 Å². The summed E-state index contributed by atoms with van der Waals surface area (Å²) in [5.74, 6) is 0.178. The molecular formula is C23H19ClN4O2S2. The van der Waals surface area contributed by atoms with Gasteiger partial charge >= 0.3 is 6.03 Å². The number of urea groups is 1. The summed E-state index contributed by atoms with van der Waals surface area (Å²) in [6.45, 7) is 1.85. The number of nitrogens with one attached hydrogen (secondary N) is 3. The van der Waals surface area contributed by atoms with E-state index in [9.17, 15) is 9.59 Å². The molecule has 3 amide bonds. The fourth-order valence-corrected chi connectivity index (χ4v) is 5.00.